The topological polar surface area (TPSA) is 54.7 Å². The highest BCUT2D eigenvalue weighted by molar-refractivity contribution is 5.99. The Balaban J connectivity index is 1.89. The molecule has 0 radical (unpaired) electrons. The van der Waals surface area contributed by atoms with E-state index in [0.29, 0.717) is 13.2 Å². The van der Waals surface area contributed by atoms with Crippen molar-refractivity contribution in [3.63, 3.8) is 0 Å². The summed E-state index contributed by atoms with van der Waals surface area (Å²) >= 11 is 0. The van der Waals surface area contributed by atoms with Crippen LogP contribution >= 0.6 is 0 Å². The highest BCUT2D eigenvalue weighted by Crippen LogP contribution is 2.28. The summed E-state index contributed by atoms with van der Waals surface area (Å²) in [5, 5.41) is 10.9. The molecule has 0 saturated carbocycles. The first-order chi connectivity index (χ1) is 11.9. The number of aliphatic hydroxyl groups excluding tert-OH is 1. The lowest BCUT2D eigenvalue weighted by Gasteiger charge is -2.18. The smallest absolute Gasteiger partial charge is 0.253 e. The van der Waals surface area contributed by atoms with Crippen LogP contribution in [0.25, 0.3) is 10.9 Å². The van der Waals surface area contributed by atoms with Crippen LogP contribution in [0.2, 0.25) is 0 Å². The average molecular weight is 344 g/mol. The van der Waals surface area contributed by atoms with Crippen LogP contribution in [0, 0.1) is 19.8 Å². The maximum absolute atomic E-state index is 12.9. The number of methoxy groups -OCH3 is 1. The number of aliphatic hydroxyl groups is 1. The van der Waals surface area contributed by atoms with Gasteiger partial charge >= 0.3 is 0 Å². The van der Waals surface area contributed by atoms with Crippen molar-refractivity contribution >= 4 is 16.8 Å². The summed E-state index contributed by atoms with van der Waals surface area (Å²) in [5.41, 5.74) is 4.30. The van der Waals surface area contributed by atoms with E-state index in [2.05, 4.69) is 18.4 Å². The molecule has 1 fully saturated rings. The van der Waals surface area contributed by atoms with Crippen molar-refractivity contribution in [1.82, 2.24) is 9.47 Å². The molecule has 1 aromatic carbocycles. The number of likely N-dealkylation sites (tertiary alicyclic amines) is 1. The van der Waals surface area contributed by atoms with E-state index >= 15 is 0 Å². The van der Waals surface area contributed by atoms with E-state index in [1.165, 1.54) is 11.3 Å². The van der Waals surface area contributed by atoms with Crippen LogP contribution in [0.4, 0.5) is 0 Å². The van der Waals surface area contributed by atoms with Gasteiger partial charge in [0.1, 0.15) is 0 Å². The van der Waals surface area contributed by atoms with Crippen molar-refractivity contribution < 1.29 is 14.6 Å². The van der Waals surface area contributed by atoms with Crippen molar-refractivity contribution in [3.05, 3.63) is 35.0 Å². The monoisotopic (exact) mass is 344 g/mol. The summed E-state index contributed by atoms with van der Waals surface area (Å²) in [6, 6.07) is 5.97. The van der Waals surface area contributed by atoms with Crippen LogP contribution in [0.1, 0.15) is 35.0 Å². The number of aromatic nitrogens is 1. The Hall–Kier alpha value is -1.85. The fraction of sp³-hybridized carbons (Fsp3) is 0.550. The molecule has 1 aliphatic rings. The minimum Gasteiger partial charge on any atom is -0.393 e. The summed E-state index contributed by atoms with van der Waals surface area (Å²) in [4.78, 5) is 14.7. The van der Waals surface area contributed by atoms with Crippen LogP contribution < -0.4 is 0 Å². The second-order valence-corrected chi connectivity index (χ2v) is 7.13. The number of ether oxygens (including phenoxy) is 1. The molecule has 1 amide bonds. The number of rotatable bonds is 5. The fourth-order valence-electron chi connectivity index (χ4n) is 3.80. The quantitative estimate of drug-likeness (QED) is 0.907. The Morgan fingerprint density at radius 3 is 2.80 bits per heavy atom. The predicted molar refractivity (Wildman–Crippen MR) is 99.0 cm³/mol. The zero-order valence-corrected chi connectivity index (χ0v) is 15.6. The van der Waals surface area contributed by atoms with E-state index < -0.39 is 0 Å². The van der Waals surface area contributed by atoms with E-state index in [4.69, 9.17) is 4.74 Å². The molecule has 0 aliphatic carbocycles. The third-order valence-corrected chi connectivity index (χ3v) is 5.60. The van der Waals surface area contributed by atoms with Crippen molar-refractivity contribution in [3.8, 4) is 0 Å². The lowest BCUT2D eigenvalue weighted by Crippen LogP contribution is -2.30. The van der Waals surface area contributed by atoms with Gasteiger partial charge in [-0.15, -0.1) is 0 Å². The third-order valence-electron chi connectivity index (χ3n) is 5.60. The second-order valence-electron chi connectivity index (χ2n) is 7.13. The van der Waals surface area contributed by atoms with Crippen LogP contribution in [0.3, 0.4) is 0 Å². The SMILES string of the molecule is COCCn1c(C)c(C)c2cc(C(=O)N3CCC(C(C)O)C3)ccc21. The van der Waals surface area contributed by atoms with Gasteiger partial charge < -0.3 is 19.3 Å². The molecular weight excluding hydrogens is 316 g/mol. The summed E-state index contributed by atoms with van der Waals surface area (Å²) in [6.45, 7) is 8.86. The molecule has 1 N–H and O–H groups in total. The van der Waals surface area contributed by atoms with E-state index in [-0.39, 0.29) is 17.9 Å². The minimum atomic E-state index is -0.361. The van der Waals surface area contributed by atoms with Gasteiger partial charge in [-0.05, 0) is 51.0 Å². The van der Waals surface area contributed by atoms with E-state index in [9.17, 15) is 9.90 Å². The molecule has 2 heterocycles. The normalized spacial score (nSPS) is 18.9. The number of fused-ring (bicyclic) bond motifs is 1. The van der Waals surface area contributed by atoms with Gasteiger partial charge in [-0.2, -0.15) is 0 Å². The minimum absolute atomic E-state index is 0.0618. The number of amides is 1. The molecule has 1 aliphatic heterocycles. The largest absolute Gasteiger partial charge is 0.393 e. The van der Waals surface area contributed by atoms with Gasteiger partial charge in [0.15, 0.2) is 0 Å². The van der Waals surface area contributed by atoms with E-state index in [1.54, 1.807) is 14.0 Å². The number of hydrogen-bond acceptors (Lipinski definition) is 3. The number of hydrogen-bond donors (Lipinski definition) is 1. The van der Waals surface area contributed by atoms with Crippen LogP contribution in [-0.4, -0.2) is 53.4 Å². The van der Waals surface area contributed by atoms with Gasteiger partial charge in [-0.1, -0.05) is 0 Å². The summed E-state index contributed by atoms with van der Waals surface area (Å²) in [5.74, 6) is 0.249. The van der Waals surface area contributed by atoms with Gasteiger partial charge in [0.25, 0.3) is 5.91 Å². The molecular formula is C20H28N2O3. The molecule has 5 heteroatoms. The van der Waals surface area contributed by atoms with Crippen molar-refractivity contribution in [2.24, 2.45) is 5.92 Å². The molecule has 2 atom stereocenters. The molecule has 5 nitrogen and oxygen atoms in total. The average Bonchev–Trinajstić information content (AvgIpc) is 3.18. The lowest BCUT2D eigenvalue weighted by atomic mass is 10.0. The highest BCUT2D eigenvalue weighted by Gasteiger charge is 2.29. The first-order valence-electron chi connectivity index (χ1n) is 8.99. The fourth-order valence-corrected chi connectivity index (χ4v) is 3.80. The summed E-state index contributed by atoms with van der Waals surface area (Å²) in [7, 11) is 1.71. The van der Waals surface area contributed by atoms with Crippen LogP contribution in [0.5, 0.6) is 0 Å². The van der Waals surface area contributed by atoms with Gasteiger partial charge in [0.05, 0.1) is 12.7 Å². The molecule has 3 rings (SSSR count). The maximum atomic E-state index is 12.9. The van der Waals surface area contributed by atoms with Gasteiger partial charge in [-0.3, -0.25) is 4.79 Å². The lowest BCUT2D eigenvalue weighted by molar-refractivity contribution is 0.0762. The van der Waals surface area contributed by atoms with Gasteiger partial charge in [0.2, 0.25) is 0 Å². The number of aryl methyl sites for hydroxylation is 1. The van der Waals surface area contributed by atoms with Gasteiger partial charge in [0, 0.05) is 54.8 Å². The molecule has 0 spiro atoms. The number of benzene rings is 1. The standard InChI is InChI=1S/C20H28N2O3/c1-13-14(2)22(9-10-25-4)19-6-5-16(11-18(13)19)20(24)21-8-7-17(12-21)15(3)23/h5-6,11,15,17,23H,7-10,12H2,1-4H3. The predicted octanol–water partition coefficient (Wildman–Crippen LogP) is 2.75. The molecule has 2 aromatic rings. The Labute approximate surface area is 149 Å². The Kier molecular flexibility index (Phi) is 5.16. The summed E-state index contributed by atoms with van der Waals surface area (Å²) in [6.07, 6.45) is 0.511. The molecule has 0 bridgehead atoms. The van der Waals surface area contributed by atoms with Gasteiger partial charge in [-0.25, -0.2) is 0 Å². The van der Waals surface area contributed by atoms with E-state index in [0.717, 1.165) is 36.0 Å². The zero-order chi connectivity index (χ0) is 18.1. The van der Waals surface area contributed by atoms with Crippen LogP contribution in [-0.2, 0) is 11.3 Å². The zero-order valence-electron chi connectivity index (χ0n) is 15.6. The number of carbonyl (C=O) groups is 1. The Bertz CT molecular complexity index is 779. The third kappa shape index (κ3) is 3.31. The highest BCUT2D eigenvalue weighted by atomic mass is 16.5. The molecule has 2 unspecified atom stereocenters. The number of nitrogens with zero attached hydrogens (tertiary/aromatic N) is 2. The second kappa shape index (κ2) is 7.18. The Morgan fingerprint density at radius 1 is 1.40 bits per heavy atom. The van der Waals surface area contributed by atoms with Crippen molar-refractivity contribution in [2.45, 2.75) is 39.8 Å². The first kappa shape index (κ1) is 18.0. The van der Waals surface area contributed by atoms with E-state index in [1.807, 2.05) is 23.1 Å². The maximum Gasteiger partial charge on any atom is 0.253 e. The molecule has 136 valence electrons. The summed E-state index contributed by atoms with van der Waals surface area (Å²) < 4.78 is 7.47. The first-order valence-corrected chi connectivity index (χ1v) is 8.99. The Morgan fingerprint density at radius 2 is 2.16 bits per heavy atom. The molecule has 25 heavy (non-hydrogen) atoms. The number of carbonyl (C=O) groups excluding carboxylic acids is 1. The van der Waals surface area contributed by atoms with Crippen LogP contribution in [0.15, 0.2) is 18.2 Å². The molecule has 1 saturated heterocycles. The van der Waals surface area contributed by atoms with Crippen molar-refractivity contribution in [2.75, 3.05) is 26.8 Å². The molecule has 1 aromatic heterocycles. The van der Waals surface area contributed by atoms with Crippen molar-refractivity contribution in [1.29, 1.82) is 0 Å².